The zero-order chi connectivity index (χ0) is 66.5. The van der Waals surface area contributed by atoms with Crippen molar-refractivity contribution >= 4 is 70.9 Å². The lowest BCUT2D eigenvalue weighted by atomic mass is 9.96. The second kappa shape index (κ2) is 43.9. The lowest BCUT2D eigenvalue weighted by Gasteiger charge is -2.30. The molecule has 0 rings (SSSR count). The fraction of sp³-hybridized carbons (Fsp3) is 0.797. The molecule has 500 valence electrons. The van der Waals surface area contributed by atoms with Gasteiger partial charge in [0.05, 0.1) is 12.6 Å². The first-order valence-electron chi connectivity index (χ1n) is 31.2. The van der Waals surface area contributed by atoms with Gasteiger partial charge in [0.15, 0.2) is 5.96 Å². The van der Waals surface area contributed by atoms with Crippen molar-refractivity contribution in [1.82, 2.24) is 53.2 Å². The number of unbranched alkanes of at least 4 members (excludes halogenated alkanes) is 3. The Morgan fingerprint density at radius 1 is 0.425 bits per heavy atom. The van der Waals surface area contributed by atoms with Crippen molar-refractivity contribution in [2.45, 2.75) is 246 Å². The molecular formula is C59H112N16O12. The van der Waals surface area contributed by atoms with Crippen LogP contribution in [-0.2, 0) is 52.7 Å². The Kier molecular flexibility index (Phi) is 40.5. The molecule has 0 aliphatic carbocycles. The number of carbonyl (C=O) groups excluding carboxylic acids is 11. The van der Waals surface area contributed by atoms with Crippen LogP contribution in [0.2, 0.25) is 0 Å². The fourth-order valence-electron chi connectivity index (χ4n) is 9.24. The summed E-state index contributed by atoms with van der Waals surface area (Å²) in [6, 6.07) is -11.5. The number of nitrogens with one attached hydrogen (secondary N) is 10. The van der Waals surface area contributed by atoms with E-state index in [1.807, 2.05) is 62.3 Å². The summed E-state index contributed by atoms with van der Waals surface area (Å²) in [4.78, 5) is 155. The van der Waals surface area contributed by atoms with E-state index in [1.54, 1.807) is 13.8 Å². The molecular weight excluding hydrogens is 1120 g/mol. The summed E-state index contributed by atoms with van der Waals surface area (Å²) >= 11 is 0. The Morgan fingerprint density at radius 3 is 1.23 bits per heavy atom. The average Bonchev–Trinajstić information content (AvgIpc) is 2.55. The molecule has 0 aromatic heterocycles. The first-order valence-corrected chi connectivity index (χ1v) is 31.2. The summed E-state index contributed by atoms with van der Waals surface area (Å²) in [7, 11) is 0. The summed E-state index contributed by atoms with van der Waals surface area (Å²) in [6.45, 7) is 21.6. The van der Waals surface area contributed by atoms with E-state index in [9.17, 15) is 57.8 Å². The highest BCUT2D eigenvalue weighted by molar-refractivity contribution is 5.98. The van der Waals surface area contributed by atoms with E-state index in [-0.39, 0.29) is 113 Å². The first kappa shape index (κ1) is 80.3. The fourth-order valence-corrected chi connectivity index (χ4v) is 9.24. The third kappa shape index (κ3) is 34.5. The number of hydrogen-bond acceptors (Lipinski definition) is 15. The van der Waals surface area contributed by atoms with Crippen molar-refractivity contribution in [1.29, 1.82) is 0 Å². The van der Waals surface area contributed by atoms with Crippen LogP contribution in [0, 0.1) is 29.6 Å². The molecule has 0 bridgehead atoms. The van der Waals surface area contributed by atoms with Crippen molar-refractivity contribution in [3.8, 4) is 0 Å². The highest BCUT2D eigenvalue weighted by Crippen LogP contribution is 2.16. The lowest BCUT2D eigenvalue weighted by molar-refractivity contribution is -0.137. The van der Waals surface area contributed by atoms with Gasteiger partial charge in [-0.15, -0.1) is 0 Å². The molecule has 0 saturated carbocycles. The molecule has 0 aliphatic heterocycles. The van der Waals surface area contributed by atoms with Gasteiger partial charge in [-0.1, -0.05) is 89.0 Å². The number of carbonyl (C=O) groups is 11. The van der Waals surface area contributed by atoms with Crippen molar-refractivity contribution in [2.75, 3.05) is 26.2 Å². The largest absolute Gasteiger partial charge is 0.391 e. The SMILES string of the molecule is CCCCC(=O)NCCCC[C@@H](NC(=O)[C@H](CC(C)C)NC(=O)[C@H](CC(C)C)NC(=O)CN)C(=O)N[C@@H](CCCN=C(N)N)C(=O)N[C@H](C(=O)N[C@H](CCCCN)C(=O)N[C@H](C(=O)N[C@@H](CC(C)C)C(=O)N[C@@H](CC(C)C)C(N)=O)[C@@H](C)O)[C@@H](C)CC. The Hall–Kier alpha value is -6.68. The molecule has 0 aliphatic rings. The van der Waals surface area contributed by atoms with Gasteiger partial charge < -0.3 is 86.9 Å². The molecule has 11 amide bonds. The van der Waals surface area contributed by atoms with Crippen LogP contribution in [-0.4, -0.2) is 163 Å². The Labute approximate surface area is 516 Å². The summed E-state index contributed by atoms with van der Waals surface area (Å²) in [5.41, 5.74) is 28.1. The second-order valence-electron chi connectivity index (χ2n) is 24.4. The van der Waals surface area contributed by atoms with Gasteiger partial charge in [-0.05, 0) is 127 Å². The minimum Gasteiger partial charge on any atom is -0.391 e. The molecule has 0 radical (unpaired) electrons. The van der Waals surface area contributed by atoms with Crippen LogP contribution in [0.25, 0.3) is 0 Å². The van der Waals surface area contributed by atoms with Crippen LogP contribution in [0.3, 0.4) is 0 Å². The summed E-state index contributed by atoms with van der Waals surface area (Å²) in [6.07, 6.45) is 2.96. The van der Waals surface area contributed by atoms with Gasteiger partial charge in [0.25, 0.3) is 0 Å². The van der Waals surface area contributed by atoms with Gasteiger partial charge in [-0.3, -0.25) is 57.7 Å². The van der Waals surface area contributed by atoms with E-state index in [0.717, 1.165) is 6.42 Å². The number of aliphatic imine (C=N–C) groups is 1. The monoisotopic (exact) mass is 1240 g/mol. The number of guanidine groups is 1. The normalized spacial score (nSPS) is 15.2. The molecule has 0 saturated heterocycles. The topological polar surface area (TPSA) is 471 Å². The van der Waals surface area contributed by atoms with Crippen molar-refractivity contribution in [2.24, 2.45) is 63.3 Å². The first-order chi connectivity index (χ1) is 40.8. The minimum atomic E-state index is -1.65. The van der Waals surface area contributed by atoms with Gasteiger partial charge in [0.1, 0.15) is 54.4 Å². The zero-order valence-electron chi connectivity index (χ0n) is 54.1. The molecule has 11 atom stereocenters. The summed E-state index contributed by atoms with van der Waals surface area (Å²) in [5.74, 6) is -8.90. The number of aliphatic hydroxyl groups is 1. The number of rotatable bonds is 46. The van der Waals surface area contributed by atoms with Crippen LogP contribution in [0.4, 0.5) is 0 Å². The minimum absolute atomic E-state index is 0.000275. The third-order valence-electron chi connectivity index (χ3n) is 14.2. The van der Waals surface area contributed by atoms with Crippen molar-refractivity contribution in [3.63, 3.8) is 0 Å². The van der Waals surface area contributed by atoms with Gasteiger partial charge in [0, 0.05) is 19.5 Å². The summed E-state index contributed by atoms with van der Waals surface area (Å²) < 4.78 is 0. The molecule has 0 spiro atoms. The second-order valence-corrected chi connectivity index (χ2v) is 24.4. The van der Waals surface area contributed by atoms with Gasteiger partial charge in [-0.2, -0.15) is 0 Å². The van der Waals surface area contributed by atoms with Crippen LogP contribution in [0.5, 0.6) is 0 Å². The van der Waals surface area contributed by atoms with Crippen molar-refractivity contribution < 1.29 is 57.8 Å². The Balaban J connectivity index is 7.24. The number of amides is 11. The average molecular weight is 1240 g/mol. The number of primary amides is 1. The van der Waals surface area contributed by atoms with Gasteiger partial charge in [-0.25, -0.2) is 0 Å². The number of hydrogen-bond donors (Lipinski definition) is 16. The number of nitrogens with zero attached hydrogens (tertiary/aromatic N) is 1. The smallest absolute Gasteiger partial charge is 0.245 e. The van der Waals surface area contributed by atoms with Crippen molar-refractivity contribution in [3.05, 3.63) is 0 Å². The molecule has 21 N–H and O–H groups in total. The highest BCUT2D eigenvalue weighted by atomic mass is 16.3. The highest BCUT2D eigenvalue weighted by Gasteiger charge is 2.37. The van der Waals surface area contributed by atoms with E-state index in [0.29, 0.717) is 44.9 Å². The predicted octanol–water partition coefficient (Wildman–Crippen LogP) is -0.936. The maximum absolute atomic E-state index is 14.7. The van der Waals surface area contributed by atoms with Gasteiger partial charge in [0.2, 0.25) is 65.0 Å². The van der Waals surface area contributed by atoms with E-state index >= 15 is 0 Å². The number of aliphatic hydroxyl groups excluding tert-OH is 1. The zero-order valence-corrected chi connectivity index (χ0v) is 54.1. The molecule has 0 unspecified atom stereocenters. The molecule has 28 heteroatoms. The van der Waals surface area contributed by atoms with E-state index in [4.69, 9.17) is 28.7 Å². The third-order valence-corrected chi connectivity index (χ3v) is 14.2. The Bertz CT molecular complexity index is 2190. The van der Waals surface area contributed by atoms with Crippen LogP contribution in [0.1, 0.15) is 186 Å². The maximum Gasteiger partial charge on any atom is 0.245 e. The molecule has 87 heavy (non-hydrogen) atoms. The maximum atomic E-state index is 14.7. The quantitative estimate of drug-likeness (QED) is 0.0199. The van der Waals surface area contributed by atoms with Gasteiger partial charge >= 0.3 is 0 Å². The van der Waals surface area contributed by atoms with Crippen LogP contribution >= 0.6 is 0 Å². The molecule has 0 aromatic carbocycles. The lowest BCUT2D eigenvalue weighted by Crippen LogP contribution is -2.62. The standard InChI is InChI=1S/C59H112N16O12/c1-13-15-24-46(77)65-26-19-17-22-39(69-55(84)44(30-35(7)8)72-54(83)43(29-34(5)6)67-47(78)32-61)51(80)68-41(23-20-27-66-59(63)64)52(81)74-48(37(11)14-2)57(86)70-40(21-16-18-25-60)53(82)75-49(38(12)76)58(87)73-45(31-36(9)10)56(85)71-42(50(62)79)28-33(3)4/h33-45,48-49,76H,13-32,60-61H2,1-12H3,(H2,62,79)(H,65,77)(H,67,78)(H,68,80)(H,69,84)(H,70,86)(H,71,85)(H,72,83)(H,73,87)(H,74,81)(H,75,82)(H4,63,64,66)/t37-,38+,39+,40+,41-,42-,43-,44-,45-,48-,49-/m0/s1. The Morgan fingerprint density at radius 2 is 0.805 bits per heavy atom. The van der Waals surface area contributed by atoms with E-state index < -0.39 is 125 Å². The van der Waals surface area contributed by atoms with Crippen LogP contribution < -0.4 is 81.8 Å². The van der Waals surface area contributed by atoms with E-state index in [1.165, 1.54) is 6.92 Å². The van der Waals surface area contributed by atoms with E-state index in [2.05, 4.69) is 58.2 Å². The molecule has 0 aromatic rings. The molecule has 28 nitrogen and oxygen atoms in total. The molecule has 0 heterocycles. The number of nitrogens with two attached hydrogens (primary N) is 5. The molecule has 0 fully saturated rings. The summed E-state index contributed by atoms with van der Waals surface area (Å²) in [5, 5.41) is 37.9. The predicted molar refractivity (Wildman–Crippen MR) is 334 cm³/mol. The van der Waals surface area contributed by atoms with Crippen LogP contribution in [0.15, 0.2) is 4.99 Å².